The van der Waals surface area contributed by atoms with Crippen LogP contribution in [0.4, 0.5) is 11.7 Å². The third-order valence-corrected chi connectivity index (χ3v) is 2.68. The van der Waals surface area contributed by atoms with Crippen molar-refractivity contribution in [2.75, 3.05) is 36.9 Å². The summed E-state index contributed by atoms with van der Waals surface area (Å²) in [7, 11) is 0. The molecule has 0 saturated heterocycles. The van der Waals surface area contributed by atoms with Crippen LogP contribution in [-0.2, 0) is 0 Å². The van der Waals surface area contributed by atoms with Gasteiger partial charge in [0.15, 0.2) is 5.58 Å². The lowest BCUT2D eigenvalue weighted by atomic mass is 10.3. The largest absolute Gasteiger partial charge is 0.438 e. The highest BCUT2D eigenvalue weighted by Gasteiger charge is 2.17. The Morgan fingerprint density at radius 2 is 2.06 bits per heavy atom. The molecule has 0 atom stereocenters. The monoisotopic (exact) mass is 250 g/mol. The van der Waals surface area contributed by atoms with Gasteiger partial charge in [0, 0.05) is 19.2 Å². The lowest BCUT2D eigenvalue weighted by Crippen LogP contribution is -2.29. The topological polar surface area (TPSA) is 122 Å². The molecule has 96 valence electrons. The number of rotatable bonds is 5. The first-order valence-electron chi connectivity index (χ1n) is 5.49. The van der Waals surface area contributed by atoms with Crippen LogP contribution in [0.25, 0.3) is 11.1 Å². The molecule has 0 aliphatic rings. The number of aliphatic hydroxyl groups excluding tert-OH is 2. The third-order valence-electron chi connectivity index (χ3n) is 2.68. The number of aliphatic hydroxyl groups is 2. The van der Waals surface area contributed by atoms with E-state index in [4.69, 9.17) is 25.6 Å². The van der Waals surface area contributed by atoms with E-state index in [-0.39, 0.29) is 24.7 Å². The van der Waals surface area contributed by atoms with Crippen LogP contribution < -0.4 is 10.6 Å². The quantitative estimate of drug-likeness (QED) is 0.592. The second-order valence-corrected chi connectivity index (χ2v) is 3.78. The number of furan rings is 1. The van der Waals surface area contributed by atoms with Gasteiger partial charge in [-0.05, 0) is 0 Å². The van der Waals surface area contributed by atoms with Crippen molar-refractivity contribution in [3.63, 3.8) is 0 Å². The molecule has 0 bridgehead atoms. The molecule has 0 aliphatic carbocycles. The Labute approximate surface area is 103 Å². The molecule has 0 unspecified atom stereocenters. The lowest BCUT2D eigenvalue weighted by molar-refractivity contribution is 0.281. The minimum Gasteiger partial charge on any atom is -0.438 e. The number of hydrogen-bond donors (Lipinski definition) is 4. The summed E-state index contributed by atoms with van der Waals surface area (Å²) in [6.07, 6.45) is 0. The number of fused-ring (bicyclic) bond motifs is 1. The highest BCUT2D eigenvalue weighted by molar-refractivity contribution is 5.88. The fourth-order valence-electron chi connectivity index (χ4n) is 1.86. The number of aromatic amines is 1. The summed E-state index contributed by atoms with van der Waals surface area (Å²) in [6.45, 7) is 0.684. The van der Waals surface area contributed by atoms with Crippen LogP contribution in [0.5, 0.6) is 0 Å². The molecular formula is C11H14N4O3. The number of aromatic nitrogens is 1. The Morgan fingerprint density at radius 1 is 1.39 bits per heavy atom. The van der Waals surface area contributed by atoms with Crippen molar-refractivity contribution in [2.45, 2.75) is 0 Å². The Kier molecular flexibility index (Phi) is 3.41. The zero-order valence-corrected chi connectivity index (χ0v) is 9.68. The van der Waals surface area contributed by atoms with Crippen molar-refractivity contribution in [1.82, 2.24) is 4.98 Å². The van der Waals surface area contributed by atoms with Crippen molar-refractivity contribution in [1.29, 1.82) is 5.26 Å². The van der Waals surface area contributed by atoms with Gasteiger partial charge in [0.05, 0.1) is 13.2 Å². The summed E-state index contributed by atoms with van der Waals surface area (Å²) in [4.78, 5) is 4.77. The maximum absolute atomic E-state index is 8.96. The second kappa shape index (κ2) is 5.00. The van der Waals surface area contributed by atoms with E-state index in [1.165, 1.54) is 0 Å². The summed E-state index contributed by atoms with van der Waals surface area (Å²) < 4.78 is 5.25. The molecule has 0 saturated carbocycles. The smallest absolute Gasteiger partial charge is 0.211 e. The molecule has 2 heterocycles. The molecule has 7 nitrogen and oxygen atoms in total. The van der Waals surface area contributed by atoms with Crippen LogP contribution in [0.2, 0.25) is 0 Å². The number of hydrogen-bond acceptors (Lipinski definition) is 6. The average molecular weight is 250 g/mol. The van der Waals surface area contributed by atoms with E-state index in [0.717, 1.165) is 0 Å². The highest BCUT2D eigenvalue weighted by Crippen LogP contribution is 2.30. The lowest BCUT2D eigenvalue weighted by Gasteiger charge is -2.20. The van der Waals surface area contributed by atoms with Gasteiger partial charge in [-0.15, -0.1) is 0 Å². The Hall–Kier alpha value is -2.17. The Balaban J connectivity index is 2.40. The first-order chi connectivity index (χ1) is 8.71. The van der Waals surface area contributed by atoms with Gasteiger partial charge in [-0.1, -0.05) is 0 Å². The van der Waals surface area contributed by atoms with E-state index >= 15 is 0 Å². The Bertz CT molecular complexity index is 575. The van der Waals surface area contributed by atoms with Crippen molar-refractivity contribution < 1.29 is 14.6 Å². The second-order valence-electron chi connectivity index (χ2n) is 3.78. The van der Waals surface area contributed by atoms with E-state index in [9.17, 15) is 0 Å². The number of nitrogen functional groups attached to an aromatic ring is 1. The number of anilines is 2. The van der Waals surface area contributed by atoms with Gasteiger partial charge in [0.2, 0.25) is 5.88 Å². The van der Waals surface area contributed by atoms with Gasteiger partial charge in [-0.2, -0.15) is 5.26 Å². The number of nitrogens with zero attached hydrogens (tertiary/aromatic N) is 2. The highest BCUT2D eigenvalue weighted by atomic mass is 16.3. The van der Waals surface area contributed by atoms with E-state index < -0.39 is 0 Å². The SMILES string of the molecule is N#Cc1c(N)oc2cc(N(CCO)CCO)[nH]c12. The van der Waals surface area contributed by atoms with Gasteiger partial charge >= 0.3 is 0 Å². The number of nitrogens with two attached hydrogens (primary N) is 1. The fraction of sp³-hybridized carbons (Fsp3) is 0.364. The van der Waals surface area contributed by atoms with Gasteiger partial charge in [-0.25, -0.2) is 0 Å². The van der Waals surface area contributed by atoms with E-state index in [1.54, 1.807) is 11.0 Å². The minimum absolute atomic E-state index is 0.0341. The molecular weight excluding hydrogens is 236 g/mol. The fourth-order valence-corrected chi connectivity index (χ4v) is 1.86. The van der Waals surface area contributed by atoms with Crippen LogP contribution in [-0.4, -0.2) is 41.5 Å². The summed E-state index contributed by atoms with van der Waals surface area (Å²) in [5.41, 5.74) is 6.84. The molecule has 0 amide bonds. The zero-order chi connectivity index (χ0) is 13.1. The minimum atomic E-state index is -0.0341. The molecule has 0 aromatic carbocycles. The normalized spacial score (nSPS) is 10.7. The number of nitrogens with one attached hydrogen (secondary N) is 1. The molecule has 7 heteroatoms. The summed E-state index contributed by atoms with van der Waals surface area (Å²) in [5.74, 6) is 0.754. The van der Waals surface area contributed by atoms with Crippen LogP contribution in [0.1, 0.15) is 5.56 Å². The standard InChI is InChI=1S/C11H14N4O3/c12-6-7-10-8(18-11(7)13)5-9(14-10)15(1-3-16)2-4-17/h5,14,16-17H,1-4,13H2. The third kappa shape index (κ3) is 1.99. The molecule has 2 aromatic heterocycles. The predicted molar refractivity (Wildman–Crippen MR) is 66.1 cm³/mol. The maximum Gasteiger partial charge on any atom is 0.211 e. The van der Waals surface area contributed by atoms with Gasteiger partial charge in [0.25, 0.3) is 0 Å². The predicted octanol–water partition coefficient (Wildman–Crippen LogP) is 0.00578. The van der Waals surface area contributed by atoms with Gasteiger partial charge in [-0.3, -0.25) is 0 Å². The molecule has 5 N–H and O–H groups in total. The summed E-state index contributed by atoms with van der Waals surface area (Å²) >= 11 is 0. The van der Waals surface area contributed by atoms with Crippen LogP contribution in [0, 0.1) is 11.3 Å². The van der Waals surface area contributed by atoms with Crippen LogP contribution in [0.15, 0.2) is 10.5 Å². The van der Waals surface area contributed by atoms with E-state index in [1.807, 2.05) is 6.07 Å². The molecule has 18 heavy (non-hydrogen) atoms. The molecule has 2 aromatic rings. The molecule has 0 spiro atoms. The Morgan fingerprint density at radius 3 is 2.61 bits per heavy atom. The van der Waals surface area contributed by atoms with E-state index in [0.29, 0.717) is 30.0 Å². The van der Waals surface area contributed by atoms with Gasteiger partial charge in [0.1, 0.15) is 23.0 Å². The first-order valence-corrected chi connectivity index (χ1v) is 5.49. The van der Waals surface area contributed by atoms with Crippen molar-refractivity contribution in [3.8, 4) is 6.07 Å². The number of nitriles is 1. The maximum atomic E-state index is 8.96. The van der Waals surface area contributed by atoms with Crippen LogP contribution >= 0.6 is 0 Å². The van der Waals surface area contributed by atoms with Gasteiger partial charge < -0.3 is 30.2 Å². The summed E-state index contributed by atoms with van der Waals surface area (Å²) in [5, 5.41) is 26.9. The molecule has 0 aliphatic heterocycles. The van der Waals surface area contributed by atoms with Crippen molar-refractivity contribution in [3.05, 3.63) is 11.6 Å². The summed E-state index contributed by atoms with van der Waals surface area (Å²) in [6, 6.07) is 3.66. The average Bonchev–Trinajstić information content (AvgIpc) is 2.85. The molecule has 0 fully saturated rings. The van der Waals surface area contributed by atoms with Crippen molar-refractivity contribution in [2.24, 2.45) is 0 Å². The molecule has 0 radical (unpaired) electrons. The van der Waals surface area contributed by atoms with Crippen LogP contribution in [0.3, 0.4) is 0 Å². The molecule has 2 rings (SSSR count). The zero-order valence-electron chi connectivity index (χ0n) is 9.68. The van der Waals surface area contributed by atoms with Crippen molar-refractivity contribution >= 4 is 22.8 Å². The number of H-pyrrole nitrogens is 1. The first kappa shape index (κ1) is 12.3. The van der Waals surface area contributed by atoms with E-state index in [2.05, 4.69) is 4.98 Å².